The van der Waals surface area contributed by atoms with E-state index in [0.717, 1.165) is 54.9 Å². The smallest absolute Gasteiger partial charge is 0.121 e. The molecule has 1 aromatic heterocycles. The lowest BCUT2D eigenvalue weighted by atomic mass is 10.1. The molecule has 1 saturated heterocycles. The molecule has 3 rings (SSSR count). The van der Waals surface area contributed by atoms with E-state index in [4.69, 9.17) is 9.47 Å². The number of ether oxygens (including phenoxy) is 2. The van der Waals surface area contributed by atoms with Gasteiger partial charge in [0.05, 0.1) is 5.52 Å². The predicted molar refractivity (Wildman–Crippen MR) is 106 cm³/mol. The molecule has 1 aromatic carbocycles. The molecule has 0 bridgehead atoms. The molecule has 1 fully saturated rings. The van der Waals surface area contributed by atoms with Crippen LogP contribution in [0.5, 0.6) is 5.75 Å². The van der Waals surface area contributed by atoms with Crippen LogP contribution in [0.3, 0.4) is 0 Å². The van der Waals surface area contributed by atoms with Crippen molar-refractivity contribution in [1.82, 2.24) is 9.88 Å². The van der Waals surface area contributed by atoms with Gasteiger partial charge in [0, 0.05) is 37.3 Å². The highest BCUT2D eigenvalue weighted by Crippen LogP contribution is 2.20. The van der Waals surface area contributed by atoms with Crippen molar-refractivity contribution in [2.75, 3.05) is 26.2 Å². The Hall–Kier alpha value is -2.59. The monoisotopic (exact) mass is 350 g/mol. The van der Waals surface area contributed by atoms with E-state index in [2.05, 4.69) is 35.2 Å². The molecule has 1 aliphatic heterocycles. The van der Waals surface area contributed by atoms with Crippen LogP contribution < -0.4 is 4.74 Å². The summed E-state index contributed by atoms with van der Waals surface area (Å²) < 4.78 is 11.9. The summed E-state index contributed by atoms with van der Waals surface area (Å²) in [5.41, 5.74) is 0.966. The molecular formula is C22H26N2O2. The van der Waals surface area contributed by atoms with Crippen molar-refractivity contribution < 1.29 is 9.47 Å². The van der Waals surface area contributed by atoms with Crippen molar-refractivity contribution in [2.45, 2.75) is 18.9 Å². The standard InChI is InChI=1S/C22H26N2O2/c1-3-6-19(4-2)26-20-10-13-24(14-11-20)15-16-25-21-9-8-18-7-5-12-23-22(18)17-21/h3-9,12,17,20H,1-2,10-11,13-16H2/b19-6+. The van der Waals surface area contributed by atoms with Gasteiger partial charge >= 0.3 is 0 Å². The molecule has 2 aromatic rings. The van der Waals surface area contributed by atoms with Gasteiger partial charge in [-0.1, -0.05) is 25.3 Å². The number of benzene rings is 1. The summed E-state index contributed by atoms with van der Waals surface area (Å²) in [5, 5.41) is 1.13. The van der Waals surface area contributed by atoms with Gasteiger partial charge < -0.3 is 9.47 Å². The molecule has 4 heteroatoms. The Kier molecular flexibility index (Phi) is 6.45. The minimum atomic E-state index is 0.253. The second-order valence-electron chi connectivity index (χ2n) is 6.37. The summed E-state index contributed by atoms with van der Waals surface area (Å²) in [4.78, 5) is 6.79. The van der Waals surface area contributed by atoms with E-state index in [1.165, 1.54) is 0 Å². The molecule has 1 aliphatic rings. The van der Waals surface area contributed by atoms with E-state index in [0.29, 0.717) is 6.61 Å². The number of nitrogens with zero attached hydrogens (tertiary/aromatic N) is 2. The predicted octanol–water partition coefficient (Wildman–Crippen LogP) is 4.35. The topological polar surface area (TPSA) is 34.6 Å². The van der Waals surface area contributed by atoms with Crippen LogP contribution in [-0.4, -0.2) is 42.2 Å². The zero-order valence-electron chi connectivity index (χ0n) is 15.1. The summed E-state index contributed by atoms with van der Waals surface area (Å²) >= 11 is 0. The number of hydrogen-bond donors (Lipinski definition) is 0. The Bertz CT molecular complexity index is 777. The number of pyridine rings is 1. The van der Waals surface area contributed by atoms with Gasteiger partial charge in [-0.2, -0.15) is 0 Å². The molecule has 0 aliphatic carbocycles. The first kappa shape index (κ1) is 18.2. The summed E-state index contributed by atoms with van der Waals surface area (Å²) in [7, 11) is 0. The molecule has 0 spiro atoms. The van der Waals surface area contributed by atoms with Crippen molar-refractivity contribution in [1.29, 1.82) is 0 Å². The summed E-state index contributed by atoms with van der Waals surface area (Å²) in [5.74, 6) is 1.67. The van der Waals surface area contributed by atoms with Gasteiger partial charge in [0.1, 0.15) is 24.2 Å². The number of allylic oxidation sites excluding steroid dienone is 3. The molecule has 0 N–H and O–H groups in total. The molecule has 2 heterocycles. The Morgan fingerprint density at radius 1 is 1.23 bits per heavy atom. The molecule has 0 unspecified atom stereocenters. The van der Waals surface area contributed by atoms with Gasteiger partial charge in [-0.15, -0.1) is 0 Å². The zero-order chi connectivity index (χ0) is 18.2. The lowest BCUT2D eigenvalue weighted by Gasteiger charge is -2.32. The normalized spacial score (nSPS) is 16.4. The molecule has 136 valence electrons. The van der Waals surface area contributed by atoms with Gasteiger partial charge in [0.2, 0.25) is 0 Å². The van der Waals surface area contributed by atoms with Gasteiger partial charge in [-0.3, -0.25) is 9.88 Å². The van der Waals surface area contributed by atoms with E-state index in [-0.39, 0.29) is 6.10 Å². The third-order valence-corrected chi connectivity index (χ3v) is 4.57. The first-order chi connectivity index (χ1) is 12.8. The van der Waals surface area contributed by atoms with Crippen LogP contribution in [0.25, 0.3) is 10.9 Å². The number of fused-ring (bicyclic) bond motifs is 1. The lowest BCUT2D eigenvalue weighted by molar-refractivity contribution is 0.0513. The maximum Gasteiger partial charge on any atom is 0.121 e. The fraction of sp³-hybridized carbons (Fsp3) is 0.318. The largest absolute Gasteiger partial charge is 0.492 e. The van der Waals surface area contributed by atoms with Crippen LogP contribution in [0.2, 0.25) is 0 Å². The lowest BCUT2D eigenvalue weighted by Crippen LogP contribution is -2.39. The van der Waals surface area contributed by atoms with E-state index in [1.807, 2.05) is 24.3 Å². The van der Waals surface area contributed by atoms with E-state index in [9.17, 15) is 0 Å². The first-order valence-corrected chi connectivity index (χ1v) is 9.10. The molecule has 0 atom stereocenters. The van der Waals surface area contributed by atoms with Gasteiger partial charge in [-0.05, 0) is 43.2 Å². The quantitative estimate of drug-likeness (QED) is 0.524. The number of aromatic nitrogens is 1. The minimum absolute atomic E-state index is 0.253. The summed E-state index contributed by atoms with van der Waals surface area (Å²) in [6.07, 6.45) is 9.41. The molecular weight excluding hydrogens is 324 g/mol. The number of piperidine rings is 1. The zero-order valence-corrected chi connectivity index (χ0v) is 15.1. The average Bonchev–Trinajstić information content (AvgIpc) is 2.69. The van der Waals surface area contributed by atoms with Crippen molar-refractivity contribution in [3.05, 3.63) is 73.7 Å². The van der Waals surface area contributed by atoms with Gasteiger partial charge in [-0.25, -0.2) is 0 Å². The van der Waals surface area contributed by atoms with Crippen molar-refractivity contribution in [2.24, 2.45) is 0 Å². The second-order valence-corrected chi connectivity index (χ2v) is 6.37. The molecule has 4 nitrogen and oxygen atoms in total. The fourth-order valence-corrected chi connectivity index (χ4v) is 3.14. The summed E-state index contributed by atoms with van der Waals surface area (Å²) in [6, 6.07) is 10.1. The third kappa shape index (κ3) is 4.96. The number of rotatable bonds is 8. The van der Waals surface area contributed by atoms with Crippen molar-refractivity contribution in [3.8, 4) is 5.75 Å². The number of likely N-dealkylation sites (tertiary alicyclic amines) is 1. The second kappa shape index (κ2) is 9.20. The van der Waals surface area contributed by atoms with Crippen LogP contribution >= 0.6 is 0 Å². The highest BCUT2D eigenvalue weighted by atomic mass is 16.5. The maximum absolute atomic E-state index is 5.95. The van der Waals surface area contributed by atoms with Crippen LogP contribution in [-0.2, 0) is 4.74 Å². The Balaban J connectivity index is 1.41. The minimum Gasteiger partial charge on any atom is -0.492 e. The van der Waals surface area contributed by atoms with Crippen molar-refractivity contribution >= 4 is 10.9 Å². The van der Waals surface area contributed by atoms with E-state index >= 15 is 0 Å². The Labute approximate surface area is 155 Å². The Morgan fingerprint density at radius 3 is 2.85 bits per heavy atom. The molecule has 0 radical (unpaired) electrons. The van der Waals surface area contributed by atoms with Gasteiger partial charge in [0.15, 0.2) is 0 Å². The third-order valence-electron chi connectivity index (χ3n) is 4.57. The van der Waals surface area contributed by atoms with Crippen LogP contribution in [0.1, 0.15) is 12.8 Å². The molecule has 26 heavy (non-hydrogen) atoms. The highest BCUT2D eigenvalue weighted by Gasteiger charge is 2.20. The summed E-state index contributed by atoms with van der Waals surface area (Å²) in [6.45, 7) is 11.1. The molecule has 0 saturated carbocycles. The Morgan fingerprint density at radius 2 is 2.08 bits per heavy atom. The SMILES string of the molecule is C=C/C=C(\C=C)OC1CCN(CCOc2ccc3cccnc3c2)CC1. The van der Waals surface area contributed by atoms with Crippen LogP contribution in [0.4, 0.5) is 0 Å². The van der Waals surface area contributed by atoms with Crippen molar-refractivity contribution in [3.63, 3.8) is 0 Å². The van der Waals surface area contributed by atoms with Crippen LogP contribution in [0, 0.1) is 0 Å². The highest BCUT2D eigenvalue weighted by molar-refractivity contribution is 5.79. The average molecular weight is 350 g/mol. The maximum atomic E-state index is 5.95. The van der Waals surface area contributed by atoms with E-state index in [1.54, 1.807) is 18.3 Å². The van der Waals surface area contributed by atoms with E-state index < -0.39 is 0 Å². The molecule has 0 amide bonds. The number of hydrogen-bond acceptors (Lipinski definition) is 4. The van der Waals surface area contributed by atoms with Crippen LogP contribution in [0.15, 0.2) is 73.7 Å². The fourth-order valence-electron chi connectivity index (χ4n) is 3.14. The van der Waals surface area contributed by atoms with Gasteiger partial charge in [0.25, 0.3) is 0 Å². The first-order valence-electron chi connectivity index (χ1n) is 9.10.